The van der Waals surface area contributed by atoms with Crippen LogP contribution in [0.1, 0.15) is 39.1 Å². The largest absolute Gasteiger partial charge is 0.478 e. The highest BCUT2D eigenvalue weighted by atomic mass is 32.2. The number of likely N-dealkylation sites (tertiary alicyclic amines) is 1. The van der Waals surface area contributed by atoms with E-state index in [0.29, 0.717) is 16.6 Å². The van der Waals surface area contributed by atoms with Crippen molar-refractivity contribution in [2.45, 2.75) is 23.8 Å². The minimum absolute atomic E-state index is 0.0616. The molecule has 12 heteroatoms. The molecule has 2 heterocycles. The van der Waals surface area contributed by atoms with Crippen LogP contribution >= 0.6 is 0 Å². The zero-order valence-electron chi connectivity index (χ0n) is 22.1. The molecule has 5 rings (SSSR count). The third kappa shape index (κ3) is 6.96. The molecule has 1 saturated heterocycles. The molecule has 1 aromatic heterocycles. The maximum atomic E-state index is 13.0. The Hall–Kier alpha value is -4.57. The summed E-state index contributed by atoms with van der Waals surface area (Å²) in [6.07, 6.45) is 3.27. The Morgan fingerprint density at radius 2 is 1.76 bits per heavy atom. The summed E-state index contributed by atoms with van der Waals surface area (Å²) in [5.41, 5.74) is 6.98. The van der Waals surface area contributed by atoms with Gasteiger partial charge < -0.3 is 20.3 Å². The lowest BCUT2D eigenvalue weighted by Crippen LogP contribution is -2.43. The van der Waals surface area contributed by atoms with Crippen LogP contribution in [0.3, 0.4) is 0 Å². The van der Waals surface area contributed by atoms with Crippen molar-refractivity contribution in [1.82, 2.24) is 14.2 Å². The molecule has 0 aliphatic carbocycles. The van der Waals surface area contributed by atoms with Gasteiger partial charge in [-0.2, -0.15) is 5.26 Å². The number of carboxylic acid groups (broad SMARTS) is 1. The Morgan fingerprint density at radius 3 is 2.37 bits per heavy atom. The van der Waals surface area contributed by atoms with Crippen molar-refractivity contribution in [2.75, 3.05) is 20.1 Å². The quantitative estimate of drug-likeness (QED) is 0.316. The number of aromatic nitrogens is 1. The molecule has 3 aromatic carbocycles. The molecule has 1 amide bonds. The van der Waals surface area contributed by atoms with Crippen LogP contribution in [-0.4, -0.2) is 61.0 Å². The van der Waals surface area contributed by atoms with Crippen molar-refractivity contribution in [3.63, 3.8) is 0 Å². The van der Waals surface area contributed by atoms with Gasteiger partial charge in [0.25, 0.3) is 0 Å². The first-order valence-corrected chi connectivity index (χ1v) is 14.1. The van der Waals surface area contributed by atoms with E-state index >= 15 is 0 Å². The second-order valence-electron chi connectivity index (χ2n) is 9.63. The SMILES string of the molecule is CN1CCC(NS(=O)(=O)c2cccc(C(N)=O)c2)CC1.N#Cc1cc(C(=O)O)c2ccn(-c3ccc(F)cc3)c2c1. The van der Waals surface area contributed by atoms with E-state index in [2.05, 4.69) is 9.62 Å². The predicted molar refractivity (Wildman–Crippen MR) is 151 cm³/mol. The van der Waals surface area contributed by atoms with Crippen molar-refractivity contribution in [3.8, 4) is 11.8 Å². The number of amides is 1. The molecule has 212 valence electrons. The fourth-order valence-electron chi connectivity index (χ4n) is 4.54. The number of sulfonamides is 1. The van der Waals surface area contributed by atoms with Gasteiger partial charge in [0.1, 0.15) is 5.82 Å². The lowest BCUT2D eigenvalue weighted by molar-refractivity contribution is 0.0698. The minimum Gasteiger partial charge on any atom is -0.478 e. The Kier molecular flexibility index (Phi) is 8.83. The average molecular weight is 578 g/mol. The first kappa shape index (κ1) is 29.4. The normalized spacial score (nSPS) is 14.2. The number of nitrogens with one attached hydrogen (secondary N) is 1. The first-order valence-electron chi connectivity index (χ1n) is 12.6. The number of primary amides is 1. The number of carbonyl (C=O) groups is 2. The number of rotatable bonds is 6. The Morgan fingerprint density at radius 1 is 1.07 bits per heavy atom. The van der Waals surface area contributed by atoms with E-state index in [1.807, 2.05) is 13.1 Å². The van der Waals surface area contributed by atoms with Crippen LogP contribution in [-0.2, 0) is 10.0 Å². The number of fused-ring (bicyclic) bond motifs is 1. The van der Waals surface area contributed by atoms with Gasteiger partial charge in [0.15, 0.2) is 0 Å². The molecule has 4 N–H and O–H groups in total. The highest BCUT2D eigenvalue weighted by Crippen LogP contribution is 2.26. The van der Waals surface area contributed by atoms with Gasteiger partial charge in [-0.05, 0) is 93.6 Å². The number of carboxylic acids is 1. The molecule has 10 nitrogen and oxygen atoms in total. The number of nitriles is 1. The number of nitrogens with two attached hydrogens (primary N) is 1. The van der Waals surface area contributed by atoms with Gasteiger partial charge in [-0.3, -0.25) is 4.79 Å². The number of hydrogen-bond donors (Lipinski definition) is 3. The summed E-state index contributed by atoms with van der Waals surface area (Å²) in [4.78, 5) is 24.7. The molecular formula is C29H28FN5O5S. The molecule has 1 fully saturated rings. The van der Waals surface area contributed by atoms with Crippen molar-refractivity contribution in [3.05, 3.63) is 95.4 Å². The van der Waals surface area contributed by atoms with Crippen molar-refractivity contribution >= 4 is 32.8 Å². The number of carbonyl (C=O) groups excluding carboxylic acids is 1. The lowest BCUT2D eigenvalue weighted by Gasteiger charge is -2.29. The maximum absolute atomic E-state index is 13.0. The van der Waals surface area contributed by atoms with E-state index in [0.717, 1.165) is 25.9 Å². The summed E-state index contributed by atoms with van der Waals surface area (Å²) < 4.78 is 42.0. The molecule has 0 radical (unpaired) electrons. The van der Waals surface area contributed by atoms with Crippen LogP contribution in [0.25, 0.3) is 16.6 Å². The average Bonchev–Trinajstić information content (AvgIpc) is 3.38. The summed E-state index contributed by atoms with van der Waals surface area (Å²) in [5, 5.41) is 18.8. The van der Waals surface area contributed by atoms with Gasteiger partial charge in [0, 0.05) is 28.9 Å². The van der Waals surface area contributed by atoms with Gasteiger partial charge in [0.2, 0.25) is 15.9 Å². The Bertz CT molecular complexity index is 1740. The van der Waals surface area contributed by atoms with Crippen LogP contribution in [0.15, 0.2) is 77.8 Å². The Labute approximate surface area is 236 Å². The monoisotopic (exact) mass is 577 g/mol. The molecule has 0 saturated carbocycles. The number of benzene rings is 3. The van der Waals surface area contributed by atoms with Crippen LogP contribution in [0.4, 0.5) is 4.39 Å². The molecule has 0 unspecified atom stereocenters. The zero-order valence-corrected chi connectivity index (χ0v) is 22.9. The summed E-state index contributed by atoms with van der Waals surface area (Å²) >= 11 is 0. The Balaban J connectivity index is 0.000000189. The summed E-state index contributed by atoms with van der Waals surface area (Å²) in [7, 11) is -1.59. The lowest BCUT2D eigenvalue weighted by atomic mass is 10.1. The second-order valence-corrected chi connectivity index (χ2v) is 11.3. The van der Waals surface area contributed by atoms with Crippen molar-refractivity contribution < 1.29 is 27.5 Å². The smallest absolute Gasteiger partial charge is 0.336 e. The van der Waals surface area contributed by atoms with Crippen LogP contribution in [0.2, 0.25) is 0 Å². The maximum Gasteiger partial charge on any atom is 0.336 e. The van der Waals surface area contributed by atoms with E-state index in [1.54, 1.807) is 35.0 Å². The highest BCUT2D eigenvalue weighted by Gasteiger charge is 2.24. The van der Waals surface area contributed by atoms with Crippen LogP contribution in [0, 0.1) is 17.1 Å². The molecule has 0 atom stereocenters. The summed E-state index contributed by atoms with van der Waals surface area (Å²) in [6, 6.07) is 18.1. The molecule has 1 aliphatic rings. The first-order chi connectivity index (χ1) is 19.5. The highest BCUT2D eigenvalue weighted by molar-refractivity contribution is 7.89. The van der Waals surface area contributed by atoms with E-state index in [4.69, 9.17) is 11.0 Å². The number of hydrogen-bond acceptors (Lipinski definition) is 6. The minimum atomic E-state index is -3.61. The number of nitrogens with zero attached hydrogens (tertiary/aromatic N) is 3. The zero-order chi connectivity index (χ0) is 29.7. The standard InChI is InChI=1S/C16H9FN2O2.C13H19N3O3S/c17-11-1-3-12(4-2-11)19-6-5-13-14(16(20)21)7-10(9-18)8-15(13)19;1-16-7-5-11(6-8-16)15-20(18,19)12-4-2-3-10(9-12)13(14)17/h1-8H,(H,20,21);2-4,9,11,15H,5-8H2,1H3,(H2,14,17). The van der Waals surface area contributed by atoms with E-state index in [9.17, 15) is 27.5 Å². The van der Waals surface area contributed by atoms with E-state index in [-0.39, 0.29) is 33.4 Å². The molecule has 1 aliphatic heterocycles. The molecule has 0 spiro atoms. The number of piperidine rings is 1. The van der Waals surface area contributed by atoms with Gasteiger partial charge in [-0.15, -0.1) is 0 Å². The van der Waals surface area contributed by atoms with Crippen molar-refractivity contribution in [2.24, 2.45) is 5.73 Å². The fourth-order valence-corrected chi connectivity index (χ4v) is 5.89. The van der Waals surface area contributed by atoms with Gasteiger partial charge in [-0.1, -0.05) is 6.07 Å². The topological polar surface area (TPSA) is 159 Å². The number of halogens is 1. The number of aromatic carboxylic acids is 1. The molecular weight excluding hydrogens is 549 g/mol. The van der Waals surface area contributed by atoms with Gasteiger partial charge in [-0.25, -0.2) is 22.3 Å². The van der Waals surface area contributed by atoms with E-state index < -0.39 is 21.9 Å². The third-order valence-corrected chi connectivity index (χ3v) is 8.26. The van der Waals surface area contributed by atoms with Gasteiger partial charge in [0.05, 0.1) is 27.6 Å². The summed E-state index contributed by atoms with van der Waals surface area (Å²) in [6.45, 7) is 1.74. The summed E-state index contributed by atoms with van der Waals surface area (Å²) in [5.74, 6) is -2.07. The van der Waals surface area contributed by atoms with E-state index in [1.165, 1.54) is 42.5 Å². The van der Waals surface area contributed by atoms with Crippen LogP contribution < -0.4 is 10.5 Å². The molecule has 0 bridgehead atoms. The predicted octanol–water partition coefficient (Wildman–Crippen LogP) is 3.50. The molecule has 41 heavy (non-hydrogen) atoms. The fraction of sp³-hybridized carbons (Fsp3) is 0.207. The van der Waals surface area contributed by atoms with Crippen LogP contribution in [0.5, 0.6) is 0 Å². The third-order valence-electron chi connectivity index (χ3n) is 6.74. The van der Waals surface area contributed by atoms with Gasteiger partial charge >= 0.3 is 5.97 Å². The molecule has 4 aromatic rings. The second kappa shape index (κ2) is 12.3. The van der Waals surface area contributed by atoms with Crippen molar-refractivity contribution in [1.29, 1.82) is 5.26 Å².